The molecule has 3 aromatic carbocycles. The molecule has 188 valence electrons. The van der Waals surface area contributed by atoms with E-state index in [1.165, 1.54) is 44.4 Å². The van der Waals surface area contributed by atoms with Gasteiger partial charge < -0.3 is 19.3 Å². The van der Waals surface area contributed by atoms with E-state index in [1.807, 2.05) is 6.07 Å². The maximum absolute atomic E-state index is 13.4. The smallest absolute Gasteiger partial charge is 0.300 e. The number of benzene rings is 3. The number of anilines is 1. The van der Waals surface area contributed by atoms with Gasteiger partial charge in [0.1, 0.15) is 16.5 Å². The molecule has 1 amide bonds. The van der Waals surface area contributed by atoms with Crippen molar-refractivity contribution >= 4 is 46.3 Å². The second-order valence-electron chi connectivity index (χ2n) is 7.89. The minimum atomic E-state index is -1.05. The van der Waals surface area contributed by atoms with Crippen LogP contribution in [0.4, 0.5) is 5.69 Å². The number of ether oxygens (including phenoxy) is 3. The van der Waals surface area contributed by atoms with Gasteiger partial charge in [-0.25, -0.2) is 0 Å². The Morgan fingerprint density at radius 3 is 2.24 bits per heavy atom. The Morgan fingerprint density at radius 1 is 0.973 bits per heavy atom. The van der Waals surface area contributed by atoms with Gasteiger partial charge >= 0.3 is 0 Å². The summed E-state index contributed by atoms with van der Waals surface area (Å²) >= 11 is 12.7. The third-order valence-corrected chi connectivity index (χ3v) is 6.55. The van der Waals surface area contributed by atoms with E-state index in [9.17, 15) is 14.7 Å². The number of rotatable bonds is 6. The highest BCUT2D eigenvalue weighted by Crippen LogP contribution is 2.48. The van der Waals surface area contributed by atoms with Crippen molar-refractivity contribution in [1.82, 2.24) is 0 Å². The standard InChI is InChI=1S/C27H20Cl2N2O6/c1-35-17-6-4-5-15(11-17)22-20(23(32)18-12-19(28)26(37-3)21(29)25(18)36-2)24(33)27(34)31(22)16-9-7-14(13-30)8-10-16/h4-12,22,32H,1-3H3/b23-20+. The zero-order chi connectivity index (χ0) is 26.9. The summed E-state index contributed by atoms with van der Waals surface area (Å²) in [7, 11) is 4.20. The van der Waals surface area contributed by atoms with Gasteiger partial charge in [0.2, 0.25) is 0 Å². The molecule has 1 aliphatic rings. The van der Waals surface area contributed by atoms with Gasteiger partial charge in [0.15, 0.2) is 11.5 Å². The Labute approximate surface area is 222 Å². The van der Waals surface area contributed by atoms with Gasteiger partial charge in [0.05, 0.1) is 55.2 Å². The first-order chi connectivity index (χ1) is 17.8. The molecule has 1 N–H and O–H groups in total. The molecular weight excluding hydrogens is 519 g/mol. The van der Waals surface area contributed by atoms with E-state index in [-0.39, 0.29) is 32.7 Å². The number of Topliss-reactive ketones (excluding diaryl/α,β-unsaturated/α-hetero) is 1. The highest BCUT2D eigenvalue weighted by atomic mass is 35.5. The number of aliphatic hydroxyl groups is 1. The van der Waals surface area contributed by atoms with E-state index in [0.29, 0.717) is 22.6 Å². The maximum Gasteiger partial charge on any atom is 0.300 e. The third kappa shape index (κ3) is 4.44. The lowest BCUT2D eigenvalue weighted by atomic mass is 9.94. The number of carbonyl (C=O) groups is 2. The fourth-order valence-corrected chi connectivity index (χ4v) is 4.90. The molecule has 3 aromatic rings. The number of hydrogen-bond acceptors (Lipinski definition) is 7. The molecule has 37 heavy (non-hydrogen) atoms. The Balaban J connectivity index is 2.02. The molecule has 10 heteroatoms. The molecule has 8 nitrogen and oxygen atoms in total. The number of nitrogens with zero attached hydrogens (tertiary/aromatic N) is 2. The van der Waals surface area contributed by atoms with E-state index in [0.717, 1.165) is 0 Å². The fourth-order valence-electron chi connectivity index (χ4n) is 4.21. The molecule has 1 atom stereocenters. The third-order valence-electron chi connectivity index (χ3n) is 5.92. The summed E-state index contributed by atoms with van der Waals surface area (Å²) in [6, 6.07) is 15.3. The van der Waals surface area contributed by atoms with Crippen molar-refractivity contribution in [2.45, 2.75) is 6.04 Å². The minimum Gasteiger partial charge on any atom is -0.507 e. The van der Waals surface area contributed by atoms with Crippen LogP contribution in [0.15, 0.2) is 60.2 Å². The van der Waals surface area contributed by atoms with Crippen LogP contribution in [-0.4, -0.2) is 38.1 Å². The molecule has 0 aromatic heterocycles. The van der Waals surface area contributed by atoms with Crippen LogP contribution in [0.3, 0.4) is 0 Å². The van der Waals surface area contributed by atoms with E-state index in [2.05, 4.69) is 0 Å². The second-order valence-corrected chi connectivity index (χ2v) is 8.68. The predicted molar refractivity (Wildman–Crippen MR) is 138 cm³/mol. The Hall–Kier alpha value is -4.19. The minimum absolute atomic E-state index is 0.00373. The van der Waals surface area contributed by atoms with E-state index >= 15 is 0 Å². The van der Waals surface area contributed by atoms with Crippen LogP contribution in [0.25, 0.3) is 5.76 Å². The molecule has 0 radical (unpaired) electrons. The first-order valence-electron chi connectivity index (χ1n) is 10.8. The number of methoxy groups -OCH3 is 3. The number of hydrogen-bond donors (Lipinski definition) is 1. The van der Waals surface area contributed by atoms with Crippen molar-refractivity contribution in [2.24, 2.45) is 0 Å². The molecule has 1 fully saturated rings. The number of carbonyl (C=O) groups excluding carboxylic acids is 2. The molecule has 0 aliphatic carbocycles. The molecule has 1 saturated heterocycles. The normalized spacial score (nSPS) is 16.4. The van der Waals surface area contributed by atoms with Crippen LogP contribution >= 0.6 is 23.2 Å². The number of halogens is 2. The zero-order valence-electron chi connectivity index (χ0n) is 19.9. The Morgan fingerprint density at radius 2 is 1.65 bits per heavy atom. The molecule has 0 bridgehead atoms. The largest absolute Gasteiger partial charge is 0.507 e. The molecule has 1 aliphatic heterocycles. The molecule has 1 heterocycles. The lowest BCUT2D eigenvalue weighted by molar-refractivity contribution is -0.132. The number of amides is 1. The van der Waals surface area contributed by atoms with Gasteiger partial charge in [-0.1, -0.05) is 35.3 Å². The van der Waals surface area contributed by atoms with E-state index in [1.54, 1.807) is 36.4 Å². The molecule has 4 rings (SSSR count). The monoisotopic (exact) mass is 538 g/mol. The van der Waals surface area contributed by atoms with Crippen LogP contribution in [0.1, 0.15) is 22.7 Å². The van der Waals surface area contributed by atoms with E-state index in [4.69, 9.17) is 42.7 Å². The lowest BCUT2D eigenvalue weighted by Crippen LogP contribution is -2.29. The number of nitriles is 1. The quantitative estimate of drug-likeness (QED) is 0.250. The van der Waals surface area contributed by atoms with Gasteiger partial charge in [-0.3, -0.25) is 14.5 Å². The highest BCUT2D eigenvalue weighted by Gasteiger charge is 2.47. The van der Waals surface area contributed by atoms with Gasteiger partial charge in [-0.2, -0.15) is 5.26 Å². The Kier molecular flexibility index (Phi) is 7.30. The van der Waals surface area contributed by atoms with Crippen molar-refractivity contribution in [3.8, 4) is 23.3 Å². The molecule has 1 unspecified atom stereocenters. The first kappa shape index (κ1) is 25.9. The van der Waals surface area contributed by atoms with Crippen molar-refractivity contribution in [2.75, 3.05) is 26.2 Å². The topological polar surface area (TPSA) is 109 Å². The second kappa shape index (κ2) is 10.4. The number of ketones is 1. The SMILES string of the molecule is COc1cccc(C2/C(=C(\O)c3cc(Cl)c(OC)c(Cl)c3OC)C(=O)C(=O)N2c2ccc(C#N)cc2)c1. The van der Waals surface area contributed by atoms with Crippen LogP contribution in [0.2, 0.25) is 10.0 Å². The first-order valence-corrected chi connectivity index (χ1v) is 11.6. The summed E-state index contributed by atoms with van der Waals surface area (Å²) in [5.74, 6) is -1.72. The van der Waals surface area contributed by atoms with E-state index < -0.39 is 23.5 Å². The summed E-state index contributed by atoms with van der Waals surface area (Å²) in [6.07, 6.45) is 0. The fraction of sp³-hybridized carbons (Fsp3) is 0.148. The molecule has 0 spiro atoms. The van der Waals surface area contributed by atoms with Crippen LogP contribution in [0, 0.1) is 11.3 Å². The van der Waals surface area contributed by atoms with Gasteiger partial charge in [-0.15, -0.1) is 0 Å². The highest BCUT2D eigenvalue weighted by molar-refractivity contribution is 6.52. The van der Waals surface area contributed by atoms with Crippen molar-refractivity contribution < 1.29 is 28.9 Å². The van der Waals surface area contributed by atoms with Crippen molar-refractivity contribution in [1.29, 1.82) is 5.26 Å². The average molecular weight is 539 g/mol. The van der Waals surface area contributed by atoms with Crippen molar-refractivity contribution in [3.05, 3.63) is 86.9 Å². The Bertz CT molecular complexity index is 1480. The van der Waals surface area contributed by atoms with Crippen LogP contribution in [0.5, 0.6) is 17.2 Å². The lowest BCUT2D eigenvalue weighted by Gasteiger charge is -2.26. The summed E-state index contributed by atoms with van der Waals surface area (Å²) in [6.45, 7) is 0. The predicted octanol–water partition coefficient (Wildman–Crippen LogP) is 5.52. The van der Waals surface area contributed by atoms with Crippen LogP contribution in [-0.2, 0) is 9.59 Å². The number of aliphatic hydroxyl groups excluding tert-OH is 1. The summed E-state index contributed by atoms with van der Waals surface area (Å²) < 4.78 is 16.0. The zero-order valence-corrected chi connectivity index (χ0v) is 21.4. The van der Waals surface area contributed by atoms with Gasteiger partial charge in [0, 0.05) is 5.69 Å². The molecule has 0 saturated carbocycles. The van der Waals surface area contributed by atoms with Crippen LogP contribution < -0.4 is 19.1 Å². The molecular formula is C27H20Cl2N2O6. The summed E-state index contributed by atoms with van der Waals surface area (Å²) in [5, 5.41) is 20.7. The van der Waals surface area contributed by atoms with Crippen molar-refractivity contribution in [3.63, 3.8) is 0 Å². The summed E-state index contributed by atoms with van der Waals surface area (Å²) in [5.41, 5.74) is 1.02. The summed E-state index contributed by atoms with van der Waals surface area (Å²) in [4.78, 5) is 28.1. The van der Waals surface area contributed by atoms with Gasteiger partial charge in [0.25, 0.3) is 11.7 Å². The van der Waals surface area contributed by atoms with Gasteiger partial charge in [-0.05, 0) is 48.0 Å². The average Bonchev–Trinajstić information content (AvgIpc) is 3.18. The maximum atomic E-state index is 13.4.